The molecule has 1 heterocycles. The van der Waals surface area contributed by atoms with Crippen molar-refractivity contribution in [2.24, 2.45) is 0 Å². The number of rotatable bonds is 9. The van der Waals surface area contributed by atoms with Crippen LogP contribution in [0.25, 0.3) is 0 Å². The van der Waals surface area contributed by atoms with E-state index in [4.69, 9.17) is 27.9 Å². The maximum absolute atomic E-state index is 14.3. The van der Waals surface area contributed by atoms with Crippen LogP contribution in [0.15, 0.2) is 72.8 Å². The summed E-state index contributed by atoms with van der Waals surface area (Å²) in [5.74, 6) is -1.25. The Balaban J connectivity index is 1.87. The second-order valence-corrected chi connectivity index (χ2v) is 12.5. The van der Waals surface area contributed by atoms with Gasteiger partial charge in [-0.25, -0.2) is 8.42 Å². The summed E-state index contributed by atoms with van der Waals surface area (Å²) in [4.78, 5) is 29.2. The number of ether oxygens (including phenoxy) is 1. The number of hydrogen-bond donors (Lipinski definition) is 1. The van der Waals surface area contributed by atoms with Crippen molar-refractivity contribution in [3.05, 3.63) is 105 Å². The first-order chi connectivity index (χ1) is 19.5. The van der Waals surface area contributed by atoms with Gasteiger partial charge in [0, 0.05) is 16.5 Å². The SMILES string of the molecule is CCCC(C(=O)NS(C)(=O)=O)N1C(=O)[C@@H](Cc2ccc(C#N)cc2)O[C@H](c2ccc(Cl)cc2)[C@@H]1c1ccc(Cl)cc1. The van der Waals surface area contributed by atoms with E-state index in [1.54, 1.807) is 72.8 Å². The Kier molecular flexibility index (Phi) is 9.72. The van der Waals surface area contributed by atoms with Crippen molar-refractivity contribution in [2.75, 3.05) is 6.26 Å². The van der Waals surface area contributed by atoms with Gasteiger partial charge in [-0.2, -0.15) is 5.26 Å². The van der Waals surface area contributed by atoms with Crippen LogP contribution in [-0.2, 0) is 30.8 Å². The normalized spacial score (nSPS) is 19.8. The van der Waals surface area contributed by atoms with Gasteiger partial charge in [0.25, 0.3) is 11.8 Å². The number of nitriles is 1. The monoisotopic (exact) mass is 613 g/mol. The van der Waals surface area contributed by atoms with Crippen LogP contribution in [0, 0.1) is 11.3 Å². The van der Waals surface area contributed by atoms with Gasteiger partial charge in [-0.1, -0.05) is 72.9 Å². The van der Waals surface area contributed by atoms with E-state index in [1.165, 1.54) is 4.90 Å². The summed E-state index contributed by atoms with van der Waals surface area (Å²) in [6, 6.07) is 20.9. The molecule has 4 rings (SSSR count). The first-order valence-electron chi connectivity index (χ1n) is 13.0. The molecule has 1 saturated heterocycles. The zero-order valence-corrected chi connectivity index (χ0v) is 24.8. The lowest BCUT2D eigenvalue weighted by molar-refractivity contribution is -0.181. The molecule has 1 unspecified atom stereocenters. The summed E-state index contributed by atoms with van der Waals surface area (Å²) in [7, 11) is -3.90. The van der Waals surface area contributed by atoms with Crippen molar-refractivity contribution in [3.8, 4) is 6.07 Å². The molecule has 0 aromatic heterocycles. The van der Waals surface area contributed by atoms with Gasteiger partial charge in [-0.05, 0) is 59.5 Å². The van der Waals surface area contributed by atoms with Crippen LogP contribution in [0.1, 0.15) is 54.2 Å². The van der Waals surface area contributed by atoms with Gasteiger partial charge in [0.05, 0.1) is 23.9 Å². The summed E-state index contributed by atoms with van der Waals surface area (Å²) in [5, 5.41) is 10.2. The fraction of sp³-hybridized carbons (Fsp3) is 0.300. The van der Waals surface area contributed by atoms with Gasteiger partial charge in [0.1, 0.15) is 18.2 Å². The standard InChI is InChI=1S/C30H29Cl2N3O5S/c1-3-4-25(29(36)34-41(2,38)39)35-27(21-9-13-23(31)14-10-21)28(22-11-15-24(32)16-12-22)40-26(30(35)37)17-19-5-7-20(18-33)8-6-19/h5-16,25-28H,3-4,17H2,1-2H3,(H,34,36)/t25?,26-,27+,28-/m1/s1. The molecule has 1 fully saturated rings. The molecule has 0 radical (unpaired) electrons. The van der Waals surface area contributed by atoms with Crippen molar-refractivity contribution in [1.82, 2.24) is 9.62 Å². The number of carbonyl (C=O) groups is 2. The summed E-state index contributed by atoms with van der Waals surface area (Å²) in [5.41, 5.74) is 2.62. The lowest BCUT2D eigenvalue weighted by Gasteiger charge is -2.47. The number of nitrogens with one attached hydrogen (secondary N) is 1. The Morgan fingerprint density at radius 2 is 1.56 bits per heavy atom. The number of benzene rings is 3. The molecule has 0 saturated carbocycles. The summed E-state index contributed by atoms with van der Waals surface area (Å²) < 4.78 is 32.7. The van der Waals surface area contributed by atoms with Crippen LogP contribution >= 0.6 is 23.2 Å². The minimum Gasteiger partial charge on any atom is -0.358 e. The minimum absolute atomic E-state index is 0.172. The van der Waals surface area contributed by atoms with E-state index in [0.29, 0.717) is 27.6 Å². The first kappa shape index (κ1) is 30.5. The lowest BCUT2D eigenvalue weighted by atomic mass is 9.88. The van der Waals surface area contributed by atoms with Gasteiger partial charge in [-0.3, -0.25) is 14.3 Å². The van der Waals surface area contributed by atoms with E-state index >= 15 is 0 Å². The lowest BCUT2D eigenvalue weighted by Crippen LogP contribution is -2.59. The van der Waals surface area contributed by atoms with Crippen molar-refractivity contribution >= 4 is 45.0 Å². The molecule has 3 aromatic rings. The third kappa shape index (κ3) is 7.46. The molecule has 4 atom stereocenters. The number of carbonyl (C=O) groups excluding carboxylic acids is 2. The second-order valence-electron chi connectivity index (χ2n) is 9.89. The number of morpholine rings is 1. The summed E-state index contributed by atoms with van der Waals surface area (Å²) in [6.07, 6.45) is 0.0540. The van der Waals surface area contributed by atoms with E-state index in [2.05, 4.69) is 10.8 Å². The summed E-state index contributed by atoms with van der Waals surface area (Å²) in [6.45, 7) is 1.86. The average molecular weight is 615 g/mol. The number of amides is 2. The van der Waals surface area contributed by atoms with Crippen LogP contribution < -0.4 is 4.72 Å². The van der Waals surface area contributed by atoms with E-state index in [1.807, 2.05) is 6.92 Å². The van der Waals surface area contributed by atoms with Gasteiger partial charge in [0.2, 0.25) is 10.0 Å². The Morgan fingerprint density at radius 3 is 2.07 bits per heavy atom. The maximum Gasteiger partial charge on any atom is 0.256 e. The van der Waals surface area contributed by atoms with E-state index < -0.39 is 46.1 Å². The van der Waals surface area contributed by atoms with Crippen LogP contribution in [0.5, 0.6) is 0 Å². The van der Waals surface area contributed by atoms with Crippen molar-refractivity contribution in [2.45, 2.75) is 50.5 Å². The highest BCUT2D eigenvalue weighted by atomic mass is 35.5. The van der Waals surface area contributed by atoms with Crippen molar-refractivity contribution in [3.63, 3.8) is 0 Å². The smallest absolute Gasteiger partial charge is 0.256 e. The molecule has 0 spiro atoms. The Morgan fingerprint density at radius 1 is 1.00 bits per heavy atom. The predicted octanol–water partition coefficient (Wildman–Crippen LogP) is 5.36. The number of sulfonamides is 1. The highest BCUT2D eigenvalue weighted by Crippen LogP contribution is 2.44. The second kappa shape index (κ2) is 13.0. The molecule has 41 heavy (non-hydrogen) atoms. The maximum atomic E-state index is 14.3. The zero-order valence-electron chi connectivity index (χ0n) is 22.5. The number of halogens is 2. The van der Waals surface area contributed by atoms with E-state index in [0.717, 1.165) is 17.4 Å². The minimum atomic E-state index is -3.90. The predicted molar refractivity (Wildman–Crippen MR) is 157 cm³/mol. The molecule has 0 aliphatic carbocycles. The van der Waals surface area contributed by atoms with E-state index in [-0.39, 0.29) is 12.8 Å². The van der Waals surface area contributed by atoms with Gasteiger partial charge < -0.3 is 9.64 Å². The highest BCUT2D eigenvalue weighted by molar-refractivity contribution is 7.89. The van der Waals surface area contributed by atoms with Crippen molar-refractivity contribution < 1.29 is 22.7 Å². The molecule has 0 bridgehead atoms. The van der Waals surface area contributed by atoms with Gasteiger partial charge in [0.15, 0.2) is 0 Å². The third-order valence-corrected chi connectivity index (χ3v) is 7.90. The molecule has 2 amide bonds. The Bertz CT molecular complexity index is 1540. The molecule has 8 nitrogen and oxygen atoms in total. The molecular formula is C30H29Cl2N3O5S. The zero-order chi connectivity index (χ0) is 29.7. The summed E-state index contributed by atoms with van der Waals surface area (Å²) >= 11 is 12.4. The third-order valence-electron chi connectivity index (χ3n) is 6.83. The largest absolute Gasteiger partial charge is 0.358 e. The Labute approximate surface area is 249 Å². The van der Waals surface area contributed by atoms with Crippen LogP contribution in [0.4, 0.5) is 0 Å². The van der Waals surface area contributed by atoms with E-state index in [9.17, 15) is 23.3 Å². The van der Waals surface area contributed by atoms with Crippen LogP contribution in [0.2, 0.25) is 10.0 Å². The molecule has 214 valence electrons. The average Bonchev–Trinajstić information content (AvgIpc) is 2.93. The molecule has 1 aliphatic heterocycles. The fourth-order valence-corrected chi connectivity index (χ4v) is 5.75. The van der Waals surface area contributed by atoms with Crippen molar-refractivity contribution in [1.29, 1.82) is 5.26 Å². The topological polar surface area (TPSA) is 117 Å². The number of nitrogens with zero attached hydrogens (tertiary/aromatic N) is 2. The molecule has 1 N–H and O–H groups in total. The first-order valence-corrected chi connectivity index (χ1v) is 15.6. The Hall–Kier alpha value is -3.42. The fourth-order valence-electron chi connectivity index (χ4n) is 5.00. The van der Waals surface area contributed by atoms with Gasteiger partial charge in [-0.15, -0.1) is 0 Å². The van der Waals surface area contributed by atoms with Gasteiger partial charge >= 0.3 is 0 Å². The van der Waals surface area contributed by atoms with Crippen LogP contribution in [0.3, 0.4) is 0 Å². The molecule has 11 heteroatoms. The number of hydrogen-bond acceptors (Lipinski definition) is 6. The highest BCUT2D eigenvalue weighted by Gasteiger charge is 2.48. The molecule has 3 aromatic carbocycles. The quantitative estimate of drug-likeness (QED) is 0.347. The molecule has 1 aliphatic rings. The van der Waals surface area contributed by atoms with Crippen LogP contribution in [-0.4, -0.2) is 43.5 Å². The molecular weight excluding hydrogens is 585 g/mol.